The molecule has 0 atom stereocenters. The lowest BCUT2D eigenvalue weighted by atomic mass is 10.1. The van der Waals surface area contributed by atoms with Crippen LogP contribution in [0.1, 0.15) is 20.8 Å². The van der Waals surface area contributed by atoms with Crippen LogP contribution >= 0.6 is 15.9 Å². The molecule has 0 saturated heterocycles. The second kappa shape index (κ2) is 4.41. The van der Waals surface area contributed by atoms with Gasteiger partial charge in [-0.2, -0.15) is 0 Å². The first-order chi connectivity index (χ1) is 6.86. The first kappa shape index (κ1) is 12.3. The van der Waals surface area contributed by atoms with E-state index in [1.807, 2.05) is 25.2 Å². The molecule has 3 N–H and O–H groups in total. The molecule has 0 unspecified atom stereocenters. The van der Waals surface area contributed by atoms with Gasteiger partial charge in [0.05, 0.1) is 11.4 Å². The number of halogens is 1. The summed E-state index contributed by atoms with van der Waals surface area (Å²) in [7, 11) is 1.90. The van der Waals surface area contributed by atoms with E-state index in [0.29, 0.717) is 0 Å². The van der Waals surface area contributed by atoms with Crippen molar-refractivity contribution in [3.8, 4) is 0 Å². The average Bonchev–Trinajstić information content (AvgIpc) is 2.07. The SMILES string of the molecule is CNN(c1ccc(Br)cc1N)C(C)(C)C. The molecule has 3 nitrogen and oxygen atoms in total. The predicted octanol–water partition coefficient (Wildman–Crippen LogP) is 2.77. The third-order valence-electron chi connectivity index (χ3n) is 2.12. The number of nitrogen functional groups attached to an aromatic ring is 1. The van der Waals surface area contributed by atoms with E-state index in [1.165, 1.54) is 0 Å². The Morgan fingerprint density at radius 1 is 1.33 bits per heavy atom. The Balaban J connectivity index is 3.13. The summed E-state index contributed by atoms with van der Waals surface area (Å²) in [6.45, 7) is 6.39. The molecule has 0 radical (unpaired) electrons. The summed E-state index contributed by atoms with van der Waals surface area (Å²) in [6, 6.07) is 5.90. The van der Waals surface area contributed by atoms with Crippen molar-refractivity contribution < 1.29 is 0 Å². The number of anilines is 2. The number of nitrogens with zero attached hydrogens (tertiary/aromatic N) is 1. The van der Waals surface area contributed by atoms with Gasteiger partial charge in [-0.25, -0.2) is 5.43 Å². The van der Waals surface area contributed by atoms with Crippen LogP contribution in [0.5, 0.6) is 0 Å². The standard InChI is InChI=1S/C11H18BrN3/c1-11(2,3)15(14-4)10-6-5-8(12)7-9(10)13/h5-7,14H,13H2,1-4H3. The van der Waals surface area contributed by atoms with Crippen LogP contribution in [0.25, 0.3) is 0 Å². The number of hydrogen-bond acceptors (Lipinski definition) is 3. The molecule has 0 saturated carbocycles. The molecule has 1 rings (SSSR count). The largest absolute Gasteiger partial charge is 0.397 e. The molecule has 0 bridgehead atoms. The third-order valence-corrected chi connectivity index (χ3v) is 2.62. The Morgan fingerprint density at radius 3 is 2.33 bits per heavy atom. The Kier molecular flexibility index (Phi) is 3.62. The molecule has 84 valence electrons. The third kappa shape index (κ3) is 2.86. The zero-order chi connectivity index (χ0) is 11.6. The smallest absolute Gasteiger partial charge is 0.0755 e. The maximum absolute atomic E-state index is 5.98. The highest BCUT2D eigenvalue weighted by Gasteiger charge is 2.22. The fourth-order valence-corrected chi connectivity index (χ4v) is 1.93. The number of hydrazine groups is 1. The van der Waals surface area contributed by atoms with E-state index in [-0.39, 0.29) is 5.54 Å². The van der Waals surface area contributed by atoms with Crippen molar-refractivity contribution in [2.75, 3.05) is 17.8 Å². The van der Waals surface area contributed by atoms with Crippen molar-refractivity contribution in [2.45, 2.75) is 26.3 Å². The zero-order valence-electron chi connectivity index (χ0n) is 9.63. The number of nitrogens with two attached hydrogens (primary N) is 1. The number of rotatable bonds is 2. The molecule has 0 aliphatic carbocycles. The number of nitrogens with one attached hydrogen (secondary N) is 1. The van der Waals surface area contributed by atoms with Gasteiger partial charge in [0.15, 0.2) is 0 Å². The molecule has 0 aliphatic heterocycles. The van der Waals surface area contributed by atoms with Gasteiger partial charge < -0.3 is 10.7 Å². The lowest BCUT2D eigenvalue weighted by molar-refractivity contribution is 0.463. The molecule has 0 aliphatic rings. The van der Waals surface area contributed by atoms with Crippen molar-refractivity contribution in [1.82, 2.24) is 5.43 Å². The molecule has 0 fully saturated rings. The van der Waals surface area contributed by atoms with E-state index in [1.54, 1.807) is 0 Å². The minimum Gasteiger partial charge on any atom is -0.397 e. The molecule has 1 aromatic rings. The highest BCUT2D eigenvalue weighted by atomic mass is 79.9. The summed E-state index contributed by atoms with van der Waals surface area (Å²) in [4.78, 5) is 0. The summed E-state index contributed by atoms with van der Waals surface area (Å²) < 4.78 is 0.994. The quantitative estimate of drug-likeness (QED) is 0.642. The van der Waals surface area contributed by atoms with Crippen molar-refractivity contribution in [3.63, 3.8) is 0 Å². The molecule has 1 aromatic carbocycles. The van der Waals surface area contributed by atoms with Crippen molar-refractivity contribution >= 4 is 27.3 Å². The average molecular weight is 272 g/mol. The maximum Gasteiger partial charge on any atom is 0.0755 e. The molecule has 15 heavy (non-hydrogen) atoms. The number of benzene rings is 1. The van der Waals surface area contributed by atoms with Gasteiger partial charge in [0.2, 0.25) is 0 Å². The van der Waals surface area contributed by atoms with E-state index in [2.05, 4.69) is 47.1 Å². The van der Waals surface area contributed by atoms with Crippen LogP contribution in [0, 0.1) is 0 Å². The maximum atomic E-state index is 5.98. The van der Waals surface area contributed by atoms with E-state index in [9.17, 15) is 0 Å². The number of hydrogen-bond donors (Lipinski definition) is 2. The van der Waals surface area contributed by atoms with Crippen molar-refractivity contribution in [3.05, 3.63) is 22.7 Å². The Morgan fingerprint density at radius 2 is 1.93 bits per heavy atom. The summed E-state index contributed by atoms with van der Waals surface area (Å²) in [5.74, 6) is 0. The first-order valence-electron chi connectivity index (χ1n) is 4.89. The van der Waals surface area contributed by atoms with Gasteiger partial charge in [0.25, 0.3) is 0 Å². The normalized spacial score (nSPS) is 11.5. The molecule has 0 spiro atoms. The molecule has 0 amide bonds. The molecule has 0 heterocycles. The topological polar surface area (TPSA) is 41.3 Å². The molecule has 4 heteroatoms. The minimum atomic E-state index is -0.0172. The Labute approximate surface area is 99.7 Å². The first-order valence-corrected chi connectivity index (χ1v) is 5.68. The molecule has 0 aromatic heterocycles. The van der Waals surface area contributed by atoms with Crippen LogP contribution in [-0.2, 0) is 0 Å². The van der Waals surface area contributed by atoms with Gasteiger partial charge in [-0.1, -0.05) is 15.9 Å². The van der Waals surface area contributed by atoms with Crippen molar-refractivity contribution in [2.24, 2.45) is 0 Å². The fraction of sp³-hybridized carbons (Fsp3) is 0.455. The van der Waals surface area contributed by atoms with Crippen LogP contribution in [0.4, 0.5) is 11.4 Å². The fourth-order valence-electron chi connectivity index (χ4n) is 1.55. The Hall–Kier alpha value is -0.740. The van der Waals surface area contributed by atoms with Gasteiger partial charge in [-0.15, -0.1) is 0 Å². The van der Waals surface area contributed by atoms with Gasteiger partial charge >= 0.3 is 0 Å². The monoisotopic (exact) mass is 271 g/mol. The highest BCUT2D eigenvalue weighted by molar-refractivity contribution is 9.10. The second-order valence-corrected chi connectivity index (χ2v) is 5.35. The predicted molar refractivity (Wildman–Crippen MR) is 69.8 cm³/mol. The summed E-state index contributed by atoms with van der Waals surface area (Å²) in [5, 5.41) is 2.05. The lowest BCUT2D eigenvalue weighted by Gasteiger charge is -2.37. The highest BCUT2D eigenvalue weighted by Crippen LogP contribution is 2.29. The van der Waals surface area contributed by atoms with Crippen LogP contribution < -0.4 is 16.2 Å². The van der Waals surface area contributed by atoms with E-state index in [0.717, 1.165) is 15.8 Å². The second-order valence-electron chi connectivity index (χ2n) is 4.43. The van der Waals surface area contributed by atoms with Gasteiger partial charge in [0, 0.05) is 17.1 Å². The summed E-state index contributed by atoms with van der Waals surface area (Å²) in [5.41, 5.74) is 10.9. The lowest BCUT2D eigenvalue weighted by Crippen LogP contribution is -2.49. The van der Waals surface area contributed by atoms with Crippen molar-refractivity contribution in [1.29, 1.82) is 0 Å². The zero-order valence-corrected chi connectivity index (χ0v) is 11.2. The van der Waals surface area contributed by atoms with Crippen LogP contribution in [0.3, 0.4) is 0 Å². The minimum absolute atomic E-state index is 0.0172. The van der Waals surface area contributed by atoms with Gasteiger partial charge in [-0.3, -0.25) is 0 Å². The van der Waals surface area contributed by atoms with Crippen LogP contribution in [0.15, 0.2) is 22.7 Å². The van der Waals surface area contributed by atoms with Crippen LogP contribution in [0.2, 0.25) is 0 Å². The van der Waals surface area contributed by atoms with E-state index in [4.69, 9.17) is 5.73 Å². The Bertz CT molecular complexity index is 344. The van der Waals surface area contributed by atoms with Gasteiger partial charge in [0.1, 0.15) is 0 Å². The molecular weight excluding hydrogens is 254 g/mol. The van der Waals surface area contributed by atoms with E-state index < -0.39 is 0 Å². The molecular formula is C11H18BrN3. The van der Waals surface area contributed by atoms with Crippen LogP contribution in [-0.4, -0.2) is 12.6 Å². The summed E-state index contributed by atoms with van der Waals surface area (Å²) in [6.07, 6.45) is 0. The van der Waals surface area contributed by atoms with Gasteiger partial charge in [-0.05, 0) is 39.0 Å². The summed E-state index contributed by atoms with van der Waals surface area (Å²) >= 11 is 3.40. The van der Waals surface area contributed by atoms with E-state index >= 15 is 0 Å².